The van der Waals surface area contributed by atoms with Crippen molar-refractivity contribution in [3.8, 4) is 12.0 Å². The van der Waals surface area contributed by atoms with Gasteiger partial charge in [-0.25, -0.2) is 0 Å². The summed E-state index contributed by atoms with van der Waals surface area (Å²) in [7, 11) is 0. The molecular weight excluding hydrogens is 66.0 g/mol. The fraction of sp³-hybridized carbons (Fsp3) is 0.333. The summed E-state index contributed by atoms with van der Waals surface area (Å²) in [4.78, 5) is 0. The molecule has 0 aromatic heterocycles. The van der Waals surface area contributed by atoms with Crippen LogP contribution in [0.15, 0.2) is 0 Å². The van der Waals surface area contributed by atoms with E-state index in [9.17, 15) is 0 Å². The Morgan fingerprint density at radius 1 is 1.80 bits per heavy atom. The maximum absolute atomic E-state index is 7.63. The van der Waals surface area contributed by atoms with E-state index < -0.39 is 0 Å². The Hall–Kier alpha value is -0.680. The van der Waals surface area contributed by atoms with Crippen molar-refractivity contribution >= 4 is 0 Å². The molecule has 2 nitrogen and oxygen atoms in total. The van der Waals surface area contributed by atoms with Gasteiger partial charge in [-0.1, -0.05) is 0 Å². The molecule has 28 valence electrons. The molecule has 0 unspecified atom stereocenters. The molecule has 3 N–H and O–H groups in total. The largest absolute Gasteiger partial charge is 0.462 e. The molecule has 0 saturated carbocycles. The van der Waals surface area contributed by atoms with Gasteiger partial charge in [0.15, 0.2) is 0 Å². The zero-order valence-electron chi connectivity index (χ0n) is 2.73. The zero-order chi connectivity index (χ0) is 4.12. The first-order chi connectivity index (χ1) is 2.41. The number of hydrogen-bond donors (Lipinski definition) is 2. The Labute approximate surface area is 30.6 Å². The molecular formula is C3H5NO. The summed E-state index contributed by atoms with van der Waals surface area (Å²) in [5.74, 6) is 2.19. The molecule has 0 saturated heterocycles. The maximum Gasteiger partial charge on any atom is 0.108 e. The van der Waals surface area contributed by atoms with Gasteiger partial charge in [-0.05, 0) is 5.92 Å². The predicted octanol–water partition coefficient (Wildman–Crippen LogP) is -0.722. The lowest BCUT2D eigenvalue weighted by Crippen LogP contribution is -1.92. The molecule has 0 rings (SSSR count). The second kappa shape index (κ2) is 3.32. The number of aliphatic hydroxyl groups is 1. The van der Waals surface area contributed by atoms with Crippen LogP contribution in [0.4, 0.5) is 0 Å². The second-order valence-corrected chi connectivity index (χ2v) is 0.493. The van der Waals surface area contributed by atoms with Crippen LogP contribution in [0.3, 0.4) is 0 Å². The van der Waals surface area contributed by atoms with Crippen LogP contribution in [0.25, 0.3) is 0 Å². The van der Waals surface area contributed by atoms with Crippen molar-refractivity contribution in [2.45, 2.75) is 0 Å². The molecule has 0 aromatic carbocycles. The zero-order valence-corrected chi connectivity index (χ0v) is 2.73. The van der Waals surface area contributed by atoms with Crippen LogP contribution in [0, 0.1) is 12.0 Å². The summed E-state index contributed by atoms with van der Waals surface area (Å²) in [5, 5.41) is 7.63. The maximum atomic E-state index is 7.63. The van der Waals surface area contributed by atoms with Crippen molar-refractivity contribution in [3.63, 3.8) is 0 Å². The lowest BCUT2D eigenvalue weighted by Gasteiger charge is -1.60. The first kappa shape index (κ1) is 4.32. The van der Waals surface area contributed by atoms with Crippen molar-refractivity contribution in [2.24, 2.45) is 5.73 Å². The second-order valence-electron chi connectivity index (χ2n) is 0.493. The minimum Gasteiger partial charge on any atom is -0.462 e. The van der Waals surface area contributed by atoms with E-state index in [0.29, 0.717) is 0 Å². The lowest BCUT2D eigenvalue weighted by molar-refractivity contribution is 0.516. The summed E-state index contributed by atoms with van der Waals surface area (Å²) >= 11 is 0. The van der Waals surface area contributed by atoms with E-state index in [1.807, 2.05) is 0 Å². The molecule has 2 heteroatoms. The molecule has 0 bridgehead atoms. The summed E-state index contributed by atoms with van der Waals surface area (Å²) in [6, 6.07) is 0. The van der Waals surface area contributed by atoms with Crippen molar-refractivity contribution in [2.75, 3.05) is 6.54 Å². The van der Waals surface area contributed by atoms with E-state index in [-0.39, 0.29) is 6.54 Å². The van der Waals surface area contributed by atoms with E-state index in [4.69, 9.17) is 10.8 Å². The standard InChI is InChI=1S/C3H5NO/c4-2-1-3-5/h5H,2,4H2. The minimum atomic E-state index is 0.233. The van der Waals surface area contributed by atoms with Gasteiger partial charge in [-0.15, -0.1) is 0 Å². The molecule has 0 fully saturated rings. The molecule has 0 atom stereocenters. The van der Waals surface area contributed by atoms with Gasteiger partial charge in [0.2, 0.25) is 0 Å². The van der Waals surface area contributed by atoms with Gasteiger partial charge in [0, 0.05) is 0 Å². The SMILES string of the molecule is NCC#CO. The highest BCUT2D eigenvalue weighted by atomic mass is 16.2. The highest BCUT2D eigenvalue weighted by Gasteiger charge is 1.49. The van der Waals surface area contributed by atoms with Crippen molar-refractivity contribution in [1.82, 2.24) is 0 Å². The Morgan fingerprint density at radius 3 is 2.40 bits per heavy atom. The summed E-state index contributed by atoms with van der Waals surface area (Å²) in [6.45, 7) is 0.233. The molecule has 0 aliphatic rings. The summed E-state index contributed by atoms with van der Waals surface area (Å²) in [6.07, 6.45) is 1.64. The van der Waals surface area contributed by atoms with E-state index in [1.165, 1.54) is 0 Å². The first-order valence-corrected chi connectivity index (χ1v) is 1.24. The summed E-state index contributed by atoms with van der Waals surface area (Å²) in [5.41, 5.74) is 4.81. The smallest absolute Gasteiger partial charge is 0.108 e. The Kier molecular flexibility index (Phi) is 2.87. The Morgan fingerprint density at radius 2 is 2.40 bits per heavy atom. The number of nitrogens with two attached hydrogens (primary N) is 1. The number of hydrogen-bond acceptors (Lipinski definition) is 2. The van der Waals surface area contributed by atoms with Gasteiger partial charge in [-0.3, -0.25) is 0 Å². The van der Waals surface area contributed by atoms with Crippen LogP contribution in [-0.4, -0.2) is 11.7 Å². The molecule has 0 aliphatic carbocycles. The fourth-order valence-corrected chi connectivity index (χ4v) is 0.0456. The molecule has 5 heavy (non-hydrogen) atoms. The number of rotatable bonds is 0. The van der Waals surface area contributed by atoms with Gasteiger partial charge >= 0.3 is 0 Å². The van der Waals surface area contributed by atoms with Crippen LogP contribution < -0.4 is 5.73 Å². The van der Waals surface area contributed by atoms with Crippen LogP contribution in [0.1, 0.15) is 0 Å². The molecule has 0 spiro atoms. The average Bonchev–Trinajstić information content (AvgIpc) is 1.41. The quantitative estimate of drug-likeness (QED) is 0.370. The van der Waals surface area contributed by atoms with Crippen LogP contribution in [-0.2, 0) is 0 Å². The lowest BCUT2D eigenvalue weighted by atomic mass is 10.7. The molecule has 0 heterocycles. The van der Waals surface area contributed by atoms with Crippen molar-refractivity contribution in [1.29, 1.82) is 0 Å². The van der Waals surface area contributed by atoms with Gasteiger partial charge in [0.1, 0.15) is 6.11 Å². The van der Waals surface area contributed by atoms with E-state index >= 15 is 0 Å². The third-order valence-corrected chi connectivity index (χ3v) is 0.181. The highest BCUT2D eigenvalue weighted by Crippen LogP contribution is 1.35. The average molecular weight is 71.1 g/mol. The Bertz CT molecular complexity index is 59.0. The van der Waals surface area contributed by atoms with Crippen molar-refractivity contribution < 1.29 is 5.11 Å². The monoisotopic (exact) mass is 71.0 g/mol. The third kappa shape index (κ3) is 3.32. The molecule has 0 aromatic rings. The van der Waals surface area contributed by atoms with Gasteiger partial charge in [0.25, 0.3) is 0 Å². The highest BCUT2D eigenvalue weighted by molar-refractivity contribution is 4.90. The predicted molar refractivity (Wildman–Crippen MR) is 18.8 cm³/mol. The molecule has 0 radical (unpaired) electrons. The van der Waals surface area contributed by atoms with Crippen LogP contribution in [0.2, 0.25) is 0 Å². The van der Waals surface area contributed by atoms with Crippen molar-refractivity contribution in [3.05, 3.63) is 0 Å². The molecule has 0 amide bonds. The van der Waals surface area contributed by atoms with E-state index in [0.717, 1.165) is 0 Å². The first-order valence-electron chi connectivity index (χ1n) is 1.24. The summed E-state index contributed by atoms with van der Waals surface area (Å²) < 4.78 is 0. The van der Waals surface area contributed by atoms with Gasteiger partial charge in [0.05, 0.1) is 6.54 Å². The van der Waals surface area contributed by atoms with Crippen LogP contribution >= 0.6 is 0 Å². The molecule has 0 aliphatic heterocycles. The topological polar surface area (TPSA) is 46.2 Å². The van der Waals surface area contributed by atoms with Gasteiger partial charge < -0.3 is 10.8 Å². The van der Waals surface area contributed by atoms with Crippen LogP contribution in [0.5, 0.6) is 0 Å². The third-order valence-electron chi connectivity index (χ3n) is 0.181. The Balaban J connectivity index is 2.81. The fourth-order valence-electron chi connectivity index (χ4n) is 0.0456. The van der Waals surface area contributed by atoms with E-state index in [1.54, 1.807) is 6.11 Å². The minimum absolute atomic E-state index is 0.233. The van der Waals surface area contributed by atoms with Gasteiger partial charge in [-0.2, -0.15) is 0 Å². The normalized spacial score (nSPS) is 5.00. The van der Waals surface area contributed by atoms with E-state index in [2.05, 4.69) is 5.92 Å². The number of aliphatic hydroxyl groups excluding tert-OH is 1.